The van der Waals surface area contributed by atoms with Crippen molar-refractivity contribution in [1.82, 2.24) is 9.55 Å². The maximum atomic E-state index is 13.7. The van der Waals surface area contributed by atoms with Crippen LogP contribution in [-0.2, 0) is 0 Å². The first-order chi connectivity index (χ1) is 9.47. The number of fused-ring (bicyclic) bond motifs is 1. The highest BCUT2D eigenvalue weighted by Gasteiger charge is 2.14. The number of nitrogens with two attached hydrogens (primary N) is 1. The van der Waals surface area contributed by atoms with Crippen LogP contribution in [0.2, 0.25) is 5.02 Å². The molecule has 102 valence electrons. The number of nitrogen functional groups attached to an aromatic ring is 1. The molecule has 2 aromatic carbocycles. The number of anilines is 1. The average molecular weight is 290 g/mol. The lowest BCUT2D eigenvalue weighted by molar-refractivity contribution is 0.629. The third-order valence-electron chi connectivity index (χ3n) is 3.32. The van der Waals surface area contributed by atoms with Gasteiger partial charge in [0, 0.05) is 6.07 Å². The molecule has 0 atom stereocenters. The number of hydrogen-bond acceptors (Lipinski definition) is 2. The molecule has 0 spiro atoms. The normalized spacial score (nSPS) is 11.2. The Kier molecular flexibility index (Phi) is 2.91. The summed E-state index contributed by atoms with van der Waals surface area (Å²) >= 11 is 5.78. The summed E-state index contributed by atoms with van der Waals surface area (Å²) in [6.07, 6.45) is 0. The number of halogens is 2. The van der Waals surface area contributed by atoms with Gasteiger partial charge in [0.15, 0.2) is 0 Å². The van der Waals surface area contributed by atoms with Crippen LogP contribution >= 0.6 is 11.6 Å². The Balaban J connectivity index is 2.35. The molecule has 0 aliphatic rings. The van der Waals surface area contributed by atoms with Crippen LogP contribution in [0.15, 0.2) is 30.3 Å². The SMILES string of the molecule is Cc1ccc(-n2c(N)nc3cc(Cl)c(F)cc32)c(C)c1. The molecule has 3 rings (SSSR count). The van der Waals surface area contributed by atoms with Crippen molar-refractivity contribution >= 4 is 28.6 Å². The molecule has 0 fully saturated rings. The van der Waals surface area contributed by atoms with Crippen LogP contribution in [0.1, 0.15) is 11.1 Å². The summed E-state index contributed by atoms with van der Waals surface area (Å²) in [7, 11) is 0. The van der Waals surface area contributed by atoms with Crippen molar-refractivity contribution in [2.24, 2.45) is 0 Å². The van der Waals surface area contributed by atoms with Crippen LogP contribution in [0.25, 0.3) is 16.7 Å². The number of aryl methyl sites for hydroxylation is 2. The van der Waals surface area contributed by atoms with Gasteiger partial charge in [0.1, 0.15) is 5.82 Å². The van der Waals surface area contributed by atoms with Crippen LogP contribution in [0.4, 0.5) is 10.3 Å². The summed E-state index contributed by atoms with van der Waals surface area (Å²) in [5.41, 5.74) is 10.3. The van der Waals surface area contributed by atoms with Crippen LogP contribution in [-0.4, -0.2) is 9.55 Å². The minimum Gasteiger partial charge on any atom is -0.369 e. The van der Waals surface area contributed by atoms with Crippen molar-refractivity contribution in [3.8, 4) is 5.69 Å². The van der Waals surface area contributed by atoms with E-state index in [0.29, 0.717) is 17.0 Å². The minimum atomic E-state index is -0.481. The van der Waals surface area contributed by atoms with Gasteiger partial charge < -0.3 is 5.73 Å². The Morgan fingerprint density at radius 1 is 1.20 bits per heavy atom. The van der Waals surface area contributed by atoms with Gasteiger partial charge in [-0.1, -0.05) is 29.3 Å². The molecule has 20 heavy (non-hydrogen) atoms. The zero-order valence-electron chi connectivity index (χ0n) is 11.1. The Morgan fingerprint density at radius 3 is 2.65 bits per heavy atom. The smallest absolute Gasteiger partial charge is 0.205 e. The van der Waals surface area contributed by atoms with E-state index in [1.54, 1.807) is 4.57 Å². The molecule has 5 heteroatoms. The number of rotatable bonds is 1. The number of nitrogens with zero attached hydrogens (tertiary/aromatic N) is 2. The lowest BCUT2D eigenvalue weighted by Gasteiger charge is -2.11. The summed E-state index contributed by atoms with van der Waals surface area (Å²) in [6.45, 7) is 4.01. The minimum absolute atomic E-state index is 0.0442. The van der Waals surface area contributed by atoms with Gasteiger partial charge in [-0.3, -0.25) is 4.57 Å². The van der Waals surface area contributed by atoms with Crippen LogP contribution in [0.5, 0.6) is 0 Å². The molecule has 0 saturated carbocycles. The van der Waals surface area contributed by atoms with Crippen molar-refractivity contribution in [2.45, 2.75) is 13.8 Å². The van der Waals surface area contributed by atoms with E-state index in [-0.39, 0.29) is 5.02 Å². The van der Waals surface area contributed by atoms with E-state index in [4.69, 9.17) is 17.3 Å². The Hall–Kier alpha value is -2.07. The molecular weight excluding hydrogens is 277 g/mol. The Morgan fingerprint density at radius 2 is 1.95 bits per heavy atom. The molecule has 0 saturated heterocycles. The Labute approximate surface area is 120 Å². The molecule has 0 unspecified atom stereocenters. The third kappa shape index (κ3) is 1.93. The van der Waals surface area contributed by atoms with Gasteiger partial charge in [0.05, 0.1) is 21.7 Å². The van der Waals surface area contributed by atoms with Crippen LogP contribution < -0.4 is 5.73 Å². The quantitative estimate of drug-likeness (QED) is 0.735. The molecule has 0 amide bonds. The lowest BCUT2D eigenvalue weighted by atomic mass is 10.1. The van der Waals surface area contributed by atoms with Gasteiger partial charge in [0.25, 0.3) is 0 Å². The maximum absolute atomic E-state index is 13.7. The van der Waals surface area contributed by atoms with E-state index >= 15 is 0 Å². The highest BCUT2D eigenvalue weighted by atomic mass is 35.5. The van der Waals surface area contributed by atoms with E-state index in [1.807, 2.05) is 32.0 Å². The van der Waals surface area contributed by atoms with E-state index in [2.05, 4.69) is 4.98 Å². The van der Waals surface area contributed by atoms with Gasteiger partial charge in [-0.25, -0.2) is 9.37 Å². The largest absolute Gasteiger partial charge is 0.369 e. The van der Waals surface area contributed by atoms with Crippen molar-refractivity contribution in [2.75, 3.05) is 5.73 Å². The van der Waals surface area contributed by atoms with Crippen molar-refractivity contribution in [3.05, 3.63) is 52.3 Å². The predicted molar refractivity (Wildman–Crippen MR) is 79.9 cm³/mol. The summed E-state index contributed by atoms with van der Waals surface area (Å²) < 4.78 is 15.4. The zero-order valence-corrected chi connectivity index (χ0v) is 11.9. The molecule has 0 bridgehead atoms. The molecule has 3 aromatic rings. The van der Waals surface area contributed by atoms with Crippen LogP contribution in [0, 0.1) is 19.7 Å². The fourth-order valence-corrected chi connectivity index (χ4v) is 2.56. The van der Waals surface area contributed by atoms with E-state index in [1.165, 1.54) is 12.1 Å². The third-order valence-corrected chi connectivity index (χ3v) is 3.61. The van der Waals surface area contributed by atoms with E-state index < -0.39 is 5.82 Å². The second kappa shape index (κ2) is 4.49. The molecule has 1 heterocycles. The van der Waals surface area contributed by atoms with E-state index in [0.717, 1.165) is 16.8 Å². The van der Waals surface area contributed by atoms with Crippen molar-refractivity contribution in [1.29, 1.82) is 0 Å². The molecule has 0 aliphatic carbocycles. The lowest BCUT2D eigenvalue weighted by Crippen LogP contribution is -2.02. The first-order valence-electron chi connectivity index (χ1n) is 6.18. The predicted octanol–water partition coefficient (Wildman–Crippen LogP) is 4.02. The van der Waals surface area contributed by atoms with Crippen LogP contribution in [0.3, 0.4) is 0 Å². The summed E-state index contributed by atoms with van der Waals surface area (Å²) in [4.78, 5) is 4.24. The standard InChI is InChI=1S/C15H13ClFN3/c1-8-3-4-13(9(2)5-8)20-14-7-11(17)10(16)6-12(14)19-15(20)18/h3-7H,1-2H3,(H2,18,19). The molecule has 3 nitrogen and oxygen atoms in total. The number of benzene rings is 2. The maximum Gasteiger partial charge on any atom is 0.205 e. The van der Waals surface area contributed by atoms with Gasteiger partial charge in [-0.2, -0.15) is 0 Å². The van der Waals surface area contributed by atoms with Crippen molar-refractivity contribution in [3.63, 3.8) is 0 Å². The second-order valence-electron chi connectivity index (χ2n) is 4.85. The number of imidazole rings is 1. The highest BCUT2D eigenvalue weighted by molar-refractivity contribution is 6.31. The van der Waals surface area contributed by atoms with Crippen molar-refractivity contribution < 1.29 is 4.39 Å². The van der Waals surface area contributed by atoms with Gasteiger partial charge in [-0.05, 0) is 31.5 Å². The molecular formula is C15H13ClFN3. The molecule has 1 aromatic heterocycles. The highest BCUT2D eigenvalue weighted by Crippen LogP contribution is 2.29. The Bertz CT molecular complexity index is 824. The monoisotopic (exact) mass is 289 g/mol. The fraction of sp³-hybridized carbons (Fsp3) is 0.133. The average Bonchev–Trinajstić information content (AvgIpc) is 2.66. The first-order valence-corrected chi connectivity index (χ1v) is 6.56. The second-order valence-corrected chi connectivity index (χ2v) is 5.26. The molecule has 2 N–H and O–H groups in total. The van der Waals surface area contributed by atoms with Gasteiger partial charge in [-0.15, -0.1) is 0 Å². The summed E-state index contributed by atoms with van der Waals surface area (Å²) in [6, 6.07) is 8.84. The number of hydrogen-bond donors (Lipinski definition) is 1. The first kappa shape index (κ1) is 12.9. The molecule has 0 aliphatic heterocycles. The van der Waals surface area contributed by atoms with E-state index in [9.17, 15) is 4.39 Å². The van der Waals surface area contributed by atoms with Gasteiger partial charge in [0.2, 0.25) is 5.95 Å². The fourth-order valence-electron chi connectivity index (χ4n) is 2.40. The zero-order chi connectivity index (χ0) is 14.4. The summed E-state index contributed by atoms with van der Waals surface area (Å²) in [5.74, 6) is -0.168. The topological polar surface area (TPSA) is 43.8 Å². The number of aromatic nitrogens is 2. The summed E-state index contributed by atoms with van der Waals surface area (Å²) in [5, 5.41) is 0.0442. The molecule has 0 radical (unpaired) electrons. The van der Waals surface area contributed by atoms with Gasteiger partial charge >= 0.3 is 0 Å².